The molecule has 1 aromatic heterocycles. The maximum atomic E-state index is 14.3. The van der Waals surface area contributed by atoms with Gasteiger partial charge in [-0.25, -0.2) is 17.6 Å². The van der Waals surface area contributed by atoms with E-state index in [0.29, 0.717) is 0 Å². The normalized spacial score (nSPS) is 26.1. The topological polar surface area (TPSA) is 83.0 Å². The number of hydrogen-bond acceptors (Lipinski definition) is 6. The van der Waals surface area contributed by atoms with Gasteiger partial charge in [-0.3, -0.25) is 0 Å². The van der Waals surface area contributed by atoms with Crippen LogP contribution >= 0.6 is 0 Å². The zero-order chi connectivity index (χ0) is 21.6. The lowest BCUT2D eigenvalue weighted by atomic mass is 9.88. The first-order valence-corrected chi connectivity index (χ1v) is 8.80. The fourth-order valence-corrected chi connectivity index (χ4v) is 2.98. The summed E-state index contributed by atoms with van der Waals surface area (Å²) in [6, 6.07) is -2.79. The lowest BCUT2D eigenvalue weighted by molar-refractivity contribution is -0.138. The number of nitrogens with zero attached hydrogens (tertiary/aromatic N) is 3. The molecule has 162 valence electrons. The first-order chi connectivity index (χ1) is 13.4. The van der Waals surface area contributed by atoms with Crippen LogP contribution < -0.4 is 10.6 Å². The molecule has 1 heterocycles. The minimum absolute atomic E-state index is 0.205. The summed E-state index contributed by atoms with van der Waals surface area (Å²) >= 11 is 0. The Morgan fingerprint density at radius 2 is 1.76 bits per heavy atom. The van der Waals surface area contributed by atoms with Crippen molar-refractivity contribution >= 4 is 17.5 Å². The molecule has 1 saturated carbocycles. The molecule has 6 nitrogen and oxygen atoms in total. The number of aromatic nitrogens is 3. The fraction of sp³-hybridized carbons (Fsp3) is 0.688. The standard InChI is InChI=1S/C16H18F7N5O/c1-6(16(21,22)23)24-13-26-12(8-2-3-9(17)11(29)10(8)18)27-14(28-13)25-7-4-15(19,20)5-7/h6-7,9,11,29H,2-5H2,1H3,(H2,24,25,26,27,28)/t6-,9?,11?/m1/s1. The van der Waals surface area contributed by atoms with Crippen LogP contribution in [-0.2, 0) is 0 Å². The summed E-state index contributed by atoms with van der Waals surface area (Å²) in [5.74, 6) is -5.40. The van der Waals surface area contributed by atoms with E-state index in [9.17, 15) is 35.8 Å². The van der Waals surface area contributed by atoms with Gasteiger partial charge in [0.25, 0.3) is 5.92 Å². The maximum Gasteiger partial charge on any atom is 0.408 e. The Morgan fingerprint density at radius 1 is 1.14 bits per heavy atom. The van der Waals surface area contributed by atoms with E-state index in [1.54, 1.807) is 0 Å². The van der Waals surface area contributed by atoms with Crippen molar-refractivity contribution in [3.8, 4) is 0 Å². The van der Waals surface area contributed by atoms with Crippen LogP contribution in [0.25, 0.3) is 5.57 Å². The average Bonchev–Trinajstić information content (AvgIpc) is 2.57. The molecule has 13 heteroatoms. The van der Waals surface area contributed by atoms with Crippen molar-refractivity contribution in [2.45, 2.75) is 69.1 Å². The van der Waals surface area contributed by atoms with Gasteiger partial charge >= 0.3 is 6.18 Å². The number of anilines is 2. The van der Waals surface area contributed by atoms with Gasteiger partial charge in [0.05, 0.1) is 0 Å². The van der Waals surface area contributed by atoms with Crippen molar-refractivity contribution in [1.29, 1.82) is 0 Å². The van der Waals surface area contributed by atoms with Gasteiger partial charge in [-0.15, -0.1) is 0 Å². The summed E-state index contributed by atoms with van der Waals surface area (Å²) < 4.78 is 92.3. The highest BCUT2D eigenvalue weighted by atomic mass is 19.4. The molecule has 3 atom stereocenters. The molecule has 0 aromatic carbocycles. The van der Waals surface area contributed by atoms with E-state index in [2.05, 4.69) is 20.3 Å². The van der Waals surface area contributed by atoms with Crippen LogP contribution in [0.5, 0.6) is 0 Å². The van der Waals surface area contributed by atoms with Gasteiger partial charge in [-0.2, -0.15) is 28.1 Å². The van der Waals surface area contributed by atoms with Gasteiger partial charge in [0.1, 0.15) is 24.1 Å². The zero-order valence-electron chi connectivity index (χ0n) is 15.1. The molecule has 1 aromatic rings. The quantitative estimate of drug-likeness (QED) is 0.621. The number of alkyl halides is 6. The summed E-state index contributed by atoms with van der Waals surface area (Å²) in [5.41, 5.74) is -0.279. The third-order valence-electron chi connectivity index (χ3n) is 4.73. The van der Waals surface area contributed by atoms with Gasteiger partial charge in [-0.1, -0.05) is 0 Å². The largest absolute Gasteiger partial charge is 0.408 e. The number of nitrogens with one attached hydrogen (secondary N) is 2. The van der Waals surface area contributed by atoms with E-state index < -0.39 is 66.9 Å². The highest BCUT2D eigenvalue weighted by Gasteiger charge is 2.46. The van der Waals surface area contributed by atoms with Crippen LogP contribution in [0.4, 0.5) is 42.6 Å². The van der Waals surface area contributed by atoms with Gasteiger partial charge in [-0.05, 0) is 19.8 Å². The second kappa shape index (κ2) is 7.58. The van der Waals surface area contributed by atoms with E-state index in [0.717, 1.165) is 6.92 Å². The van der Waals surface area contributed by atoms with Crippen LogP contribution in [0.15, 0.2) is 5.83 Å². The monoisotopic (exact) mass is 429 g/mol. The van der Waals surface area contributed by atoms with E-state index in [-0.39, 0.29) is 24.4 Å². The fourth-order valence-electron chi connectivity index (χ4n) is 2.98. The van der Waals surface area contributed by atoms with Crippen LogP contribution in [0.2, 0.25) is 0 Å². The zero-order valence-corrected chi connectivity index (χ0v) is 15.1. The SMILES string of the molecule is C[C@@H](Nc1nc(NC2CC(F)(F)C2)nc(C2=C(F)C(O)C(F)CC2)n1)C(F)(F)F. The number of halogens is 7. The number of aliphatic hydroxyl groups excluding tert-OH is 1. The maximum absolute atomic E-state index is 14.3. The molecular weight excluding hydrogens is 411 g/mol. The van der Waals surface area contributed by atoms with Gasteiger partial charge in [0.2, 0.25) is 11.9 Å². The predicted octanol–water partition coefficient (Wildman–Crippen LogP) is 3.62. The van der Waals surface area contributed by atoms with Gasteiger partial charge < -0.3 is 15.7 Å². The van der Waals surface area contributed by atoms with Crippen LogP contribution in [0, 0.1) is 0 Å². The predicted molar refractivity (Wildman–Crippen MR) is 88.7 cm³/mol. The number of aliphatic hydroxyl groups is 1. The minimum atomic E-state index is -4.64. The van der Waals surface area contributed by atoms with Crippen molar-refractivity contribution in [2.24, 2.45) is 0 Å². The molecule has 1 fully saturated rings. The first kappa shape index (κ1) is 21.5. The molecule has 29 heavy (non-hydrogen) atoms. The van der Waals surface area contributed by atoms with Crippen molar-refractivity contribution in [3.63, 3.8) is 0 Å². The molecule has 0 bridgehead atoms. The lowest BCUT2D eigenvalue weighted by Gasteiger charge is -2.35. The Labute approximate surface area is 160 Å². The van der Waals surface area contributed by atoms with Crippen LogP contribution in [0.1, 0.15) is 38.4 Å². The molecule has 2 aliphatic carbocycles. The summed E-state index contributed by atoms with van der Waals surface area (Å²) in [5, 5.41) is 14.1. The first-order valence-electron chi connectivity index (χ1n) is 8.80. The van der Waals surface area contributed by atoms with Crippen LogP contribution in [0.3, 0.4) is 0 Å². The summed E-state index contributed by atoms with van der Waals surface area (Å²) in [7, 11) is 0. The summed E-state index contributed by atoms with van der Waals surface area (Å²) in [6.07, 6.45) is -9.99. The van der Waals surface area contributed by atoms with Crippen molar-refractivity contribution < 1.29 is 35.8 Å². The number of hydrogen-bond donors (Lipinski definition) is 3. The Balaban J connectivity index is 1.92. The molecule has 3 rings (SSSR count). The van der Waals surface area contributed by atoms with Crippen molar-refractivity contribution in [2.75, 3.05) is 10.6 Å². The van der Waals surface area contributed by atoms with Gasteiger partial charge in [0.15, 0.2) is 5.82 Å². The average molecular weight is 429 g/mol. The highest BCUT2D eigenvalue weighted by molar-refractivity contribution is 5.65. The van der Waals surface area contributed by atoms with E-state index in [1.807, 2.05) is 5.32 Å². The third kappa shape index (κ3) is 4.87. The molecule has 2 aliphatic rings. The number of rotatable bonds is 5. The molecular formula is C16H18F7N5O. The Kier molecular flexibility index (Phi) is 5.62. The van der Waals surface area contributed by atoms with E-state index >= 15 is 0 Å². The van der Waals surface area contributed by atoms with Gasteiger partial charge in [0, 0.05) is 24.5 Å². The molecule has 0 aliphatic heterocycles. The molecule has 0 radical (unpaired) electrons. The highest BCUT2D eigenvalue weighted by Crippen LogP contribution is 2.39. The number of allylic oxidation sites excluding steroid dienone is 1. The lowest BCUT2D eigenvalue weighted by Crippen LogP contribution is -2.44. The van der Waals surface area contributed by atoms with E-state index in [1.165, 1.54) is 0 Å². The Morgan fingerprint density at radius 3 is 2.34 bits per heavy atom. The molecule has 0 spiro atoms. The molecule has 2 unspecified atom stereocenters. The minimum Gasteiger partial charge on any atom is -0.383 e. The smallest absolute Gasteiger partial charge is 0.383 e. The molecule has 0 saturated heterocycles. The summed E-state index contributed by atoms with van der Waals surface area (Å²) in [4.78, 5) is 11.4. The molecule has 3 N–H and O–H groups in total. The summed E-state index contributed by atoms with van der Waals surface area (Å²) in [6.45, 7) is 0.807. The Hall–Kier alpha value is -2.18. The third-order valence-corrected chi connectivity index (χ3v) is 4.73. The second-order valence-corrected chi connectivity index (χ2v) is 7.15. The van der Waals surface area contributed by atoms with Crippen LogP contribution in [-0.4, -0.2) is 56.5 Å². The van der Waals surface area contributed by atoms with Crippen molar-refractivity contribution in [3.05, 3.63) is 11.7 Å². The Bertz CT molecular complexity index is 792. The second-order valence-electron chi connectivity index (χ2n) is 7.15. The van der Waals surface area contributed by atoms with E-state index in [4.69, 9.17) is 0 Å². The molecule has 0 amide bonds. The van der Waals surface area contributed by atoms with Crippen molar-refractivity contribution in [1.82, 2.24) is 15.0 Å².